The van der Waals surface area contributed by atoms with Crippen LogP contribution in [0.1, 0.15) is 6.42 Å². The molecule has 0 atom stereocenters. The van der Waals surface area contributed by atoms with E-state index in [2.05, 4.69) is 14.8 Å². The van der Waals surface area contributed by atoms with Gasteiger partial charge in [-0.05, 0) is 42.8 Å². The fourth-order valence-electron chi connectivity index (χ4n) is 3.70. The first-order valence-electron chi connectivity index (χ1n) is 9.83. The summed E-state index contributed by atoms with van der Waals surface area (Å²) in [5.74, 6) is 0.536. The zero-order valence-corrected chi connectivity index (χ0v) is 17.0. The van der Waals surface area contributed by atoms with Crippen LogP contribution >= 0.6 is 0 Å². The number of hydrogen-bond acceptors (Lipinski definition) is 6. The molecule has 2 aliphatic heterocycles. The van der Waals surface area contributed by atoms with Crippen molar-refractivity contribution in [3.8, 4) is 0 Å². The number of aromatic nitrogens is 1. The van der Waals surface area contributed by atoms with Crippen LogP contribution in [0.25, 0.3) is 0 Å². The molecular formula is C20H25FN4O3S. The third kappa shape index (κ3) is 4.52. The van der Waals surface area contributed by atoms with Crippen LogP contribution in [0.15, 0.2) is 47.5 Å². The van der Waals surface area contributed by atoms with Gasteiger partial charge in [0, 0.05) is 51.2 Å². The molecule has 1 aromatic heterocycles. The largest absolute Gasteiger partial charge is 0.379 e. The van der Waals surface area contributed by atoms with E-state index >= 15 is 0 Å². The van der Waals surface area contributed by atoms with E-state index in [-0.39, 0.29) is 10.7 Å². The monoisotopic (exact) mass is 420 g/mol. The van der Waals surface area contributed by atoms with Crippen molar-refractivity contribution in [2.75, 3.05) is 62.3 Å². The Balaban J connectivity index is 1.43. The fraction of sp³-hybridized carbons (Fsp3) is 0.450. The molecule has 2 aliphatic rings. The highest BCUT2D eigenvalue weighted by atomic mass is 32.2. The number of pyridine rings is 1. The Hall–Kier alpha value is -2.23. The maximum Gasteiger partial charge on any atom is 0.244 e. The van der Waals surface area contributed by atoms with Gasteiger partial charge < -0.3 is 14.5 Å². The van der Waals surface area contributed by atoms with E-state index in [1.807, 2.05) is 0 Å². The van der Waals surface area contributed by atoms with Crippen molar-refractivity contribution in [2.24, 2.45) is 0 Å². The van der Waals surface area contributed by atoms with E-state index in [4.69, 9.17) is 4.74 Å². The number of sulfonamides is 1. The Morgan fingerprint density at radius 3 is 2.24 bits per heavy atom. The first-order chi connectivity index (χ1) is 14.0. The molecular weight excluding hydrogens is 395 g/mol. The van der Waals surface area contributed by atoms with E-state index in [1.165, 1.54) is 22.6 Å². The Bertz CT molecular complexity index is 916. The number of hydrogen-bond donors (Lipinski definition) is 0. The second-order valence-electron chi connectivity index (χ2n) is 7.17. The van der Waals surface area contributed by atoms with Gasteiger partial charge in [-0.2, -0.15) is 4.31 Å². The van der Waals surface area contributed by atoms with Gasteiger partial charge in [0.15, 0.2) is 0 Å². The number of ether oxygens (including phenoxy) is 1. The second kappa shape index (κ2) is 8.64. The highest BCUT2D eigenvalue weighted by Crippen LogP contribution is 2.22. The molecule has 29 heavy (non-hydrogen) atoms. The molecule has 1 aromatic carbocycles. The summed E-state index contributed by atoms with van der Waals surface area (Å²) < 4.78 is 45.3. The molecule has 3 heterocycles. The lowest BCUT2D eigenvalue weighted by atomic mass is 10.2. The minimum atomic E-state index is -3.53. The van der Waals surface area contributed by atoms with Gasteiger partial charge in [0.2, 0.25) is 10.0 Å². The molecule has 0 radical (unpaired) electrons. The molecule has 9 heteroatoms. The van der Waals surface area contributed by atoms with Gasteiger partial charge in [-0.15, -0.1) is 0 Å². The molecule has 2 aromatic rings. The third-order valence-electron chi connectivity index (χ3n) is 5.34. The van der Waals surface area contributed by atoms with Gasteiger partial charge in [0.25, 0.3) is 0 Å². The molecule has 7 nitrogen and oxygen atoms in total. The smallest absolute Gasteiger partial charge is 0.244 e. The predicted molar refractivity (Wildman–Crippen MR) is 109 cm³/mol. The first-order valence-corrected chi connectivity index (χ1v) is 11.3. The standard InChI is InChI=1S/C20H25FN4O3S/c21-17-2-4-18(5-3-17)23-8-1-9-24(11-10-23)20-7-6-19(16-22-20)29(26,27)25-12-14-28-15-13-25/h2-7,16H,1,8-15H2. The second-order valence-corrected chi connectivity index (χ2v) is 9.11. The van der Waals surface area contributed by atoms with Crippen molar-refractivity contribution < 1.29 is 17.5 Å². The molecule has 0 unspecified atom stereocenters. The maximum atomic E-state index is 13.2. The molecule has 0 saturated carbocycles. The Morgan fingerprint density at radius 2 is 1.55 bits per heavy atom. The van der Waals surface area contributed by atoms with E-state index in [1.54, 1.807) is 24.3 Å². The summed E-state index contributed by atoms with van der Waals surface area (Å²) >= 11 is 0. The fourth-order valence-corrected chi connectivity index (χ4v) is 5.06. The lowest BCUT2D eigenvalue weighted by molar-refractivity contribution is 0.0730. The predicted octanol–water partition coefficient (Wildman–Crippen LogP) is 1.96. The number of benzene rings is 1. The van der Waals surface area contributed by atoms with Gasteiger partial charge in [0.05, 0.1) is 13.2 Å². The van der Waals surface area contributed by atoms with Crippen molar-refractivity contribution in [3.63, 3.8) is 0 Å². The average molecular weight is 421 g/mol. The van der Waals surface area contributed by atoms with E-state index in [9.17, 15) is 12.8 Å². The van der Waals surface area contributed by atoms with Gasteiger partial charge >= 0.3 is 0 Å². The summed E-state index contributed by atoms with van der Waals surface area (Å²) in [6.45, 7) is 4.85. The molecule has 0 amide bonds. The Kier molecular flexibility index (Phi) is 5.98. The van der Waals surface area contributed by atoms with Crippen LogP contribution < -0.4 is 9.80 Å². The van der Waals surface area contributed by atoms with Crippen LogP contribution in [-0.4, -0.2) is 70.2 Å². The van der Waals surface area contributed by atoms with Gasteiger partial charge in [-0.1, -0.05) is 0 Å². The third-order valence-corrected chi connectivity index (χ3v) is 7.22. The number of nitrogens with zero attached hydrogens (tertiary/aromatic N) is 4. The number of halogens is 1. The lowest BCUT2D eigenvalue weighted by Gasteiger charge is -2.26. The molecule has 0 aliphatic carbocycles. The number of morpholine rings is 1. The van der Waals surface area contributed by atoms with Crippen molar-refractivity contribution in [3.05, 3.63) is 48.4 Å². The molecule has 156 valence electrons. The maximum absolute atomic E-state index is 13.2. The van der Waals surface area contributed by atoms with Crippen LogP contribution in [0.5, 0.6) is 0 Å². The van der Waals surface area contributed by atoms with Gasteiger partial charge in [-0.3, -0.25) is 0 Å². The first kappa shape index (κ1) is 20.1. The Labute approximate surface area is 170 Å². The van der Waals surface area contributed by atoms with Gasteiger partial charge in [-0.25, -0.2) is 17.8 Å². The van der Waals surface area contributed by atoms with Crippen molar-refractivity contribution in [1.82, 2.24) is 9.29 Å². The quantitative estimate of drug-likeness (QED) is 0.754. The summed E-state index contributed by atoms with van der Waals surface area (Å²) in [5, 5.41) is 0. The van der Waals surface area contributed by atoms with Crippen LogP contribution in [0.3, 0.4) is 0 Å². The zero-order chi connectivity index (χ0) is 20.3. The minimum absolute atomic E-state index is 0.214. The molecule has 4 rings (SSSR count). The number of rotatable bonds is 4. The summed E-state index contributed by atoms with van der Waals surface area (Å²) in [6, 6.07) is 9.97. The highest BCUT2D eigenvalue weighted by molar-refractivity contribution is 7.89. The molecule has 0 spiro atoms. The summed E-state index contributed by atoms with van der Waals surface area (Å²) in [5.41, 5.74) is 1.01. The highest BCUT2D eigenvalue weighted by Gasteiger charge is 2.27. The molecule has 0 N–H and O–H groups in total. The van der Waals surface area contributed by atoms with Gasteiger partial charge in [0.1, 0.15) is 16.5 Å². The van der Waals surface area contributed by atoms with Crippen LogP contribution in [0, 0.1) is 5.82 Å². The van der Waals surface area contributed by atoms with Crippen LogP contribution in [0.2, 0.25) is 0 Å². The Morgan fingerprint density at radius 1 is 0.862 bits per heavy atom. The van der Waals surface area contributed by atoms with Crippen LogP contribution in [0.4, 0.5) is 15.9 Å². The van der Waals surface area contributed by atoms with E-state index in [0.29, 0.717) is 26.3 Å². The molecule has 2 fully saturated rings. The van der Waals surface area contributed by atoms with E-state index < -0.39 is 10.0 Å². The van der Waals surface area contributed by atoms with E-state index in [0.717, 1.165) is 44.1 Å². The van der Waals surface area contributed by atoms with Crippen molar-refractivity contribution in [2.45, 2.75) is 11.3 Å². The SMILES string of the molecule is O=S(=O)(c1ccc(N2CCCN(c3ccc(F)cc3)CC2)nc1)N1CCOCC1. The zero-order valence-electron chi connectivity index (χ0n) is 16.2. The van der Waals surface area contributed by atoms with Crippen molar-refractivity contribution in [1.29, 1.82) is 0 Å². The lowest BCUT2D eigenvalue weighted by Crippen LogP contribution is -2.40. The van der Waals surface area contributed by atoms with Crippen LogP contribution in [-0.2, 0) is 14.8 Å². The number of anilines is 2. The topological polar surface area (TPSA) is 66.0 Å². The summed E-state index contributed by atoms with van der Waals surface area (Å²) in [7, 11) is -3.53. The molecule has 2 saturated heterocycles. The average Bonchev–Trinajstić information content (AvgIpc) is 3.01. The molecule has 0 bridgehead atoms. The van der Waals surface area contributed by atoms with Crippen molar-refractivity contribution >= 4 is 21.5 Å². The minimum Gasteiger partial charge on any atom is -0.379 e. The normalized spacial score (nSPS) is 19.2. The summed E-state index contributed by atoms with van der Waals surface area (Å²) in [4.78, 5) is 9.04. The summed E-state index contributed by atoms with van der Waals surface area (Å²) in [6.07, 6.45) is 2.38.